The minimum absolute atomic E-state index is 0.215. The predicted octanol–water partition coefficient (Wildman–Crippen LogP) is 4.59. The van der Waals surface area contributed by atoms with Gasteiger partial charge < -0.3 is 15.5 Å². The molecule has 0 bridgehead atoms. The van der Waals surface area contributed by atoms with E-state index in [2.05, 4.69) is 10.6 Å². The standard InChI is InChI=1S/C20H20F3N3O2/c21-20(22,23)15-6-8-17(9-7-15)24-18(27)14-10-12-26(13-11-14)19(28)25-16-4-2-1-3-5-16/h1-9,14H,10-13H2,(H,24,27)(H,25,28). The highest BCUT2D eigenvalue weighted by Gasteiger charge is 2.30. The first-order chi connectivity index (χ1) is 13.3. The first-order valence-electron chi connectivity index (χ1n) is 8.92. The van der Waals surface area contributed by atoms with E-state index in [1.807, 2.05) is 18.2 Å². The second kappa shape index (κ2) is 8.33. The molecule has 1 aliphatic heterocycles. The number of urea groups is 1. The third kappa shape index (κ3) is 5.03. The maximum absolute atomic E-state index is 12.6. The zero-order valence-electron chi connectivity index (χ0n) is 15.0. The van der Waals surface area contributed by atoms with Crippen LogP contribution in [0.15, 0.2) is 54.6 Å². The van der Waals surface area contributed by atoms with Crippen LogP contribution in [-0.4, -0.2) is 29.9 Å². The smallest absolute Gasteiger partial charge is 0.326 e. The van der Waals surface area contributed by atoms with Crippen LogP contribution >= 0.6 is 0 Å². The maximum atomic E-state index is 12.6. The molecule has 2 aromatic rings. The van der Waals surface area contributed by atoms with Crippen LogP contribution in [0, 0.1) is 5.92 Å². The number of nitrogens with one attached hydrogen (secondary N) is 2. The van der Waals surface area contributed by atoms with Crippen molar-refractivity contribution in [1.82, 2.24) is 4.90 Å². The lowest BCUT2D eigenvalue weighted by molar-refractivity contribution is -0.137. The SMILES string of the molecule is O=C(Nc1ccc(C(F)(F)F)cc1)C1CCN(C(=O)Nc2ccccc2)CC1. The van der Waals surface area contributed by atoms with Crippen molar-refractivity contribution in [1.29, 1.82) is 0 Å². The molecular weight excluding hydrogens is 371 g/mol. The second-order valence-corrected chi connectivity index (χ2v) is 6.62. The number of hydrogen-bond acceptors (Lipinski definition) is 2. The van der Waals surface area contributed by atoms with E-state index in [1.165, 1.54) is 12.1 Å². The summed E-state index contributed by atoms with van der Waals surface area (Å²) in [5.41, 5.74) is 0.264. The van der Waals surface area contributed by atoms with Gasteiger partial charge in [0, 0.05) is 30.4 Å². The van der Waals surface area contributed by atoms with Gasteiger partial charge in [-0.15, -0.1) is 0 Å². The van der Waals surface area contributed by atoms with Crippen molar-refractivity contribution in [3.05, 3.63) is 60.2 Å². The maximum Gasteiger partial charge on any atom is 0.416 e. The van der Waals surface area contributed by atoms with Crippen LogP contribution in [0.2, 0.25) is 0 Å². The van der Waals surface area contributed by atoms with Crippen molar-refractivity contribution in [2.24, 2.45) is 5.92 Å². The number of likely N-dealkylation sites (tertiary alicyclic amines) is 1. The molecule has 0 atom stereocenters. The molecule has 0 aliphatic carbocycles. The Morgan fingerprint density at radius 1 is 0.857 bits per heavy atom. The summed E-state index contributed by atoms with van der Waals surface area (Å²) in [4.78, 5) is 26.3. The van der Waals surface area contributed by atoms with Gasteiger partial charge in [0.15, 0.2) is 0 Å². The fraction of sp³-hybridized carbons (Fsp3) is 0.300. The van der Waals surface area contributed by atoms with Crippen LogP contribution in [0.1, 0.15) is 18.4 Å². The average Bonchev–Trinajstić information content (AvgIpc) is 2.68. The minimum Gasteiger partial charge on any atom is -0.326 e. The van der Waals surface area contributed by atoms with Gasteiger partial charge in [0.05, 0.1) is 5.56 Å². The quantitative estimate of drug-likeness (QED) is 0.804. The molecule has 2 N–H and O–H groups in total. The van der Waals surface area contributed by atoms with Crippen molar-refractivity contribution in [3.63, 3.8) is 0 Å². The van der Waals surface area contributed by atoms with Gasteiger partial charge in [-0.1, -0.05) is 18.2 Å². The van der Waals surface area contributed by atoms with Crippen LogP contribution in [0.5, 0.6) is 0 Å². The molecular formula is C20H20F3N3O2. The molecule has 0 radical (unpaired) electrons. The minimum atomic E-state index is -4.41. The number of rotatable bonds is 3. The highest BCUT2D eigenvalue weighted by Crippen LogP contribution is 2.30. The summed E-state index contributed by atoms with van der Waals surface area (Å²) < 4.78 is 37.8. The van der Waals surface area contributed by atoms with Gasteiger partial charge in [0.2, 0.25) is 5.91 Å². The van der Waals surface area contributed by atoms with Crippen LogP contribution in [0.3, 0.4) is 0 Å². The van der Waals surface area contributed by atoms with Crippen LogP contribution in [0.4, 0.5) is 29.3 Å². The van der Waals surface area contributed by atoms with Crippen LogP contribution < -0.4 is 10.6 Å². The topological polar surface area (TPSA) is 61.4 Å². The first-order valence-corrected chi connectivity index (χ1v) is 8.92. The number of benzene rings is 2. The molecule has 5 nitrogen and oxygen atoms in total. The number of nitrogens with zero attached hydrogens (tertiary/aromatic N) is 1. The van der Waals surface area contributed by atoms with Crippen molar-refractivity contribution < 1.29 is 22.8 Å². The number of hydrogen-bond donors (Lipinski definition) is 2. The Morgan fingerprint density at radius 3 is 2.00 bits per heavy atom. The third-order valence-electron chi connectivity index (χ3n) is 4.66. The van der Waals surface area contributed by atoms with Gasteiger partial charge in [0.1, 0.15) is 0 Å². The second-order valence-electron chi connectivity index (χ2n) is 6.62. The summed E-state index contributed by atoms with van der Waals surface area (Å²) in [6, 6.07) is 13.2. The number of para-hydroxylation sites is 1. The Morgan fingerprint density at radius 2 is 1.43 bits per heavy atom. The summed E-state index contributed by atoms with van der Waals surface area (Å²) >= 11 is 0. The van der Waals surface area contributed by atoms with Crippen LogP contribution in [-0.2, 0) is 11.0 Å². The van der Waals surface area contributed by atoms with Crippen molar-refractivity contribution >= 4 is 23.3 Å². The van der Waals surface area contributed by atoms with Gasteiger partial charge in [-0.3, -0.25) is 4.79 Å². The number of carbonyl (C=O) groups excluding carboxylic acids is 2. The van der Waals surface area contributed by atoms with Crippen molar-refractivity contribution in [2.75, 3.05) is 23.7 Å². The van der Waals surface area contributed by atoms with Crippen molar-refractivity contribution in [3.8, 4) is 0 Å². The molecule has 148 valence electrons. The lowest BCUT2D eigenvalue weighted by Crippen LogP contribution is -2.43. The molecule has 0 saturated carbocycles. The van der Waals surface area contributed by atoms with E-state index in [0.29, 0.717) is 37.3 Å². The molecule has 8 heteroatoms. The molecule has 3 amide bonds. The largest absolute Gasteiger partial charge is 0.416 e. The lowest BCUT2D eigenvalue weighted by atomic mass is 9.96. The Labute approximate surface area is 160 Å². The molecule has 1 fully saturated rings. The molecule has 0 unspecified atom stereocenters. The molecule has 0 aromatic heterocycles. The molecule has 1 saturated heterocycles. The molecule has 3 rings (SSSR count). The number of alkyl halides is 3. The molecule has 1 aliphatic rings. The van der Waals surface area contributed by atoms with Gasteiger partial charge in [0.25, 0.3) is 0 Å². The lowest BCUT2D eigenvalue weighted by Gasteiger charge is -2.31. The third-order valence-corrected chi connectivity index (χ3v) is 4.66. The first kappa shape index (κ1) is 19.7. The van der Waals surface area contributed by atoms with Crippen molar-refractivity contribution in [2.45, 2.75) is 19.0 Å². The Kier molecular flexibility index (Phi) is 5.87. The van der Waals surface area contributed by atoms with Crippen LogP contribution in [0.25, 0.3) is 0 Å². The fourth-order valence-corrected chi connectivity index (χ4v) is 3.06. The highest BCUT2D eigenvalue weighted by molar-refractivity contribution is 5.93. The fourth-order valence-electron chi connectivity index (χ4n) is 3.06. The van der Waals surface area contributed by atoms with E-state index in [0.717, 1.165) is 12.1 Å². The number of halogens is 3. The number of amides is 3. The molecule has 28 heavy (non-hydrogen) atoms. The predicted molar refractivity (Wildman–Crippen MR) is 99.8 cm³/mol. The highest BCUT2D eigenvalue weighted by atomic mass is 19.4. The number of piperidine rings is 1. The molecule has 2 aromatic carbocycles. The zero-order valence-corrected chi connectivity index (χ0v) is 15.0. The molecule has 1 heterocycles. The monoisotopic (exact) mass is 391 g/mol. The van der Waals surface area contributed by atoms with E-state index >= 15 is 0 Å². The van der Waals surface area contributed by atoms with Gasteiger partial charge >= 0.3 is 12.2 Å². The van der Waals surface area contributed by atoms with Gasteiger partial charge in [-0.05, 0) is 49.2 Å². The normalized spacial score (nSPS) is 15.2. The number of carbonyl (C=O) groups is 2. The summed E-state index contributed by atoms with van der Waals surface area (Å²) in [6.07, 6.45) is -3.42. The summed E-state index contributed by atoms with van der Waals surface area (Å²) in [5, 5.41) is 5.46. The van der Waals surface area contributed by atoms with E-state index in [9.17, 15) is 22.8 Å². The van der Waals surface area contributed by atoms with E-state index < -0.39 is 11.7 Å². The van der Waals surface area contributed by atoms with E-state index in [1.54, 1.807) is 17.0 Å². The van der Waals surface area contributed by atoms with E-state index in [4.69, 9.17) is 0 Å². The van der Waals surface area contributed by atoms with Gasteiger partial charge in [-0.25, -0.2) is 4.79 Å². The van der Waals surface area contributed by atoms with E-state index in [-0.39, 0.29) is 17.9 Å². The Hall–Kier alpha value is -3.03. The average molecular weight is 391 g/mol. The summed E-state index contributed by atoms with van der Waals surface area (Å²) in [5.74, 6) is -0.536. The van der Waals surface area contributed by atoms with Gasteiger partial charge in [-0.2, -0.15) is 13.2 Å². The summed E-state index contributed by atoms with van der Waals surface area (Å²) in [7, 11) is 0. The molecule has 0 spiro atoms. The summed E-state index contributed by atoms with van der Waals surface area (Å²) in [6.45, 7) is 0.869. The number of anilines is 2. The Bertz CT molecular complexity index is 815. The Balaban J connectivity index is 1.49. The zero-order chi connectivity index (χ0) is 20.1.